The van der Waals surface area contributed by atoms with Crippen LogP contribution in [-0.2, 0) is 0 Å². The van der Waals surface area contributed by atoms with Crippen LogP contribution in [0.4, 0.5) is 0 Å². The van der Waals surface area contributed by atoms with Crippen molar-refractivity contribution in [3.05, 3.63) is 0 Å². The molecule has 9 heavy (non-hydrogen) atoms. The van der Waals surface area contributed by atoms with Crippen LogP contribution in [-0.4, -0.2) is 42.8 Å². The molecule has 3 N–H and O–H groups in total. The van der Waals surface area contributed by atoms with Gasteiger partial charge in [-0.25, -0.2) is 0 Å². The maximum atomic E-state index is 8.75. The molecule has 0 unspecified atom stereocenters. The summed E-state index contributed by atoms with van der Waals surface area (Å²) in [6, 6.07) is 0.181. The van der Waals surface area contributed by atoms with Crippen LogP contribution in [0.3, 0.4) is 0 Å². The van der Waals surface area contributed by atoms with Gasteiger partial charge in [0.15, 0.2) is 0 Å². The van der Waals surface area contributed by atoms with E-state index in [1.54, 1.807) is 0 Å². The number of likely N-dealkylation sites (N-methyl/N-ethyl adjacent to an activating group) is 1. The van der Waals surface area contributed by atoms with Gasteiger partial charge in [-0.05, 0) is 7.05 Å². The van der Waals surface area contributed by atoms with Crippen LogP contribution < -0.4 is 5.73 Å². The lowest BCUT2D eigenvalue weighted by atomic mass is 10.1. The first kappa shape index (κ1) is 6.99. The van der Waals surface area contributed by atoms with E-state index in [4.69, 9.17) is 10.8 Å². The fourth-order valence-corrected chi connectivity index (χ4v) is 1.31. The van der Waals surface area contributed by atoms with E-state index in [1.807, 2.05) is 7.05 Å². The zero-order chi connectivity index (χ0) is 6.85. The maximum Gasteiger partial charge on any atom is 0.0486 e. The monoisotopic (exact) mass is 130 g/mol. The van der Waals surface area contributed by atoms with Crippen LogP contribution >= 0.6 is 0 Å². The molecule has 1 heterocycles. The first-order chi connectivity index (χ1) is 4.24. The summed E-state index contributed by atoms with van der Waals surface area (Å²) in [6.45, 7) is 2.09. The van der Waals surface area contributed by atoms with Crippen molar-refractivity contribution in [1.29, 1.82) is 0 Å². The van der Waals surface area contributed by atoms with Gasteiger partial charge in [-0.1, -0.05) is 0 Å². The molecule has 0 amide bonds. The molecule has 0 aromatic heterocycles. The molecule has 1 fully saturated rings. The molecule has 1 saturated heterocycles. The third-order valence-electron chi connectivity index (χ3n) is 1.91. The Bertz CT molecular complexity index is 97.1. The summed E-state index contributed by atoms with van der Waals surface area (Å²) < 4.78 is 0. The minimum atomic E-state index is 0.181. The van der Waals surface area contributed by atoms with E-state index in [-0.39, 0.29) is 12.6 Å². The van der Waals surface area contributed by atoms with Gasteiger partial charge < -0.3 is 15.7 Å². The number of hydrogen-bond donors (Lipinski definition) is 2. The Morgan fingerprint density at radius 2 is 2.33 bits per heavy atom. The third-order valence-corrected chi connectivity index (χ3v) is 1.91. The van der Waals surface area contributed by atoms with Crippen molar-refractivity contribution in [3.63, 3.8) is 0 Å². The largest absolute Gasteiger partial charge is 0.396 e. The molecule has 0 aromatic carbocycles. The van der Waals surface area contributed by atoms with Crippen molar-refractivity contribution in [1.82, 2.24) is 4.90 Å². The van der Waals surface area contributed by atoms with E-state index in [0.29, 0.717) is 5.92 Å². The molecule has 1 aliphatic heterocycles. The van der Waals surface area contributed by atoms with Gasteiger partial charge in [0.25, 0.3) is 0 Å². The van der Waals surface area contributed by atoms with Crippen LogP contribution in [0.2, 0.25) is 0 Å². The number of nitrogens with zero attached hydrogens (tertiary/aromatic N) is 1. The smallest absolute Gasteiger partial charge is 0.0486 e. The van der Waals surface area contributed by atoms with Crippen LogP contribution in [0, 0.1) is 5.92 Å². The normalized spacial score (nSPS) is 37.7. The number of hydrogen-bond acceptors (Lipinski definition) is 3. The van der Waals surface area contributed by atoms with E-state index in [9.17, 15) is 0 Å². The van der Waals surface area contributed by atoms with Crippen molar-refractivity contribution in [2.75, 3.05) is 26.7 Å². The molecule has 3 heteroatoms. The summed E-state index contributed by atoms with van der Waals surface area (Å²) in [6.07, 6.45) is 0. The Morgan fingerprint density at radius 3 is 2.56 bits per heavy atom. The molecule has 0 aliphatic carbocycles. The van der Waals surface area contributed by atoms with E-state index in [2.05, 4.69) is 4.90 Å². The highest BCUT2D eigenvalue weighted by Crippen LogP contribution is 2.11. The lowest BCUT2D eigenvalue weighted by Gasteiger charge is -2.08. The van der Waals surface area contributed by atoms with Gasteiger partial charge in [0.2, 0.25) is 0 Å². The van der Waals surface area contributed by atoms with E-state index in [0.717, 1.165) is 13.1 Å². The summed E-state index contributed by atoms with van der Waals surface area (Å²) in [5, 5.41) is 8.75. The Morgan fingerprint density at radius 1 is 1.67 bits per heavy atom. The Balaban J connectivity index is 2.38. The predicted octanol–water partition coefficient (Wildman–Crippen LogP) is -1.13. The predicted molar refractivity (Wildman–Crippen MR) is 36.0 cm³/mol. The number of aliphatic hydroxyl groups excluding tert-OH is 1. The van der Waals surface area contributed by atoms with Crippen LogP contribution in [0.25, 0.3) is 0 Å². The van der Waals surface area contributed by atoms with Crippen LogP contribution in [0.5, 0.6) is 0 Å². The highest BCUT2D eigenvalue weighted by atomic mass is 16.3. The highest BCUT2D eigenvalue weighted by molar-refractivity contribution is 4.84. The molecule has 54 valence electrons. The molecular formula is C6H14N2O. The van der Waals surface area contributed by atoms with Gasteiger partial charge in [0.05, 0.1) is 0 Å². The summed E-state index contributed by atoms with van der Waals surface area (Å²) in [5.41, 5.74) is 5.68. The molecule has 0 bridgehead atoms. The third kappa shape index (κ3) is 1.41. The summed E-state index contributed by atoms with van der Waals surface area (Å²) >= 11 is 0. The molecule has 0 aromatic rings. The van der Waals surface area contributed by atoms with E-state index < -0.39 is 0 Å². The zero-order valence-electron chi connectivity index (χ0n) is 5.75. The number of likely N-dealkylation sites (tertiary alicyclic amines) is 1. The molecule has 2 atom stereocenters. The lowest BCUT2D eigenvalue weighted by molar-refractivity contribution is 0.220. The quantitative estimate of drug-likeness (QED) is 0.472. The van der Waals surface area contributed by atoms with E-state index >= 15 is 0 Å². The SMILES string of the molecule is CN1C[C@@H](CO)[C@@H](N)C1. The Kier molecular flexibility index (Phi) is 2.05. The summed E-state index contributed by atoms with van der Waals surface area (Å²) in [7, 11) is 2.02. The van der Waals surface area contributed by atoms with Gasteiger partial charge in [-0.2, -0.15) is 0 Å². The van der Waals surface area contributed by atoms with Crippen molar-refractivity contribution >= 4 is 0 Å². The second-order valence-electron chi connectivity index (χ2n) is 2.83. The second kappa shape index (κ2) is 2.64. The first-order valence-corrected chi connectivity index (χ1v) is 3.29. The molecule has 0 spiro atoms. The van der Waals surface area contributed by atoms with Crippen molar-refractivity contribution < 1.29 is 5.11 Å². The zero-order valence-corrected chi connectivity index (χ0v) is 5.75. The van der Waals surface area contributed by atoms with Crippen molar-refractivity contribution in [2.24, 2.45) is 11.7 Å². The van der Waals surface area contributed by atoms with Gasteiger partial charge in [-0.3, -0.25) is 0 Å². The maximum absolute atomic E-state index is 8.75. The topological polar surface area (TPSA) is 49.5 Å². The average molecular weight is 130 g/mol. The number of aliphatic hydroxyl groups is 1. The lowest BCUT2D eigenvalue weighted by Crippen LogP contribution is -2.30. The van der Waals surface area contributed by atoms with E-state index in [1.165, 1.54) is 0 Å². The summed E-state index contributed by atoms with van der Waals surface area (Å²) in [5.74, 6) is 0.301. The van der Waals surface area contributed by atoms with Gasteiger partial charge in [0, 0.05) is 31.7 Å². The average Bonchev–Trinajstić information content (AvgIpc) is 2.10. The molecule has 1 aliphatic rings. The number of rotatable bonds is 1. The van der Waals surface area contributed by atoms with Gasteiger partial charge >= 0.3 is 0 Å². The van der Waals surface area contributed by atoms with Crippen LogP contribution in [0.15, 0.2) is 0 Å². The highest BCUT2D eigenvalue weighted by Gasteiger charge is 2.26. The van der Waals surface area contributed by atoms with Crippen LogP contribution in [0.1, 0.15) is 0 Å². The van der Waals surface area contributed by atoms with Crippen molar-refractivity contribution in [2.45, 2.75) is 6.04 Å². The first-order valence-electron chi connectivity index (χ1n) is 3.29. The molecule has 1 rings (SSSR count). The molecule has 0 saturated carbocycles. The fourth-order valence-electron chi connectivity index (χ4n) is 1.31. The Labute approximate surface area is 55.5 Å². The minimum Gasteiger partial charge on any atom is -0.396 e. The molecule has 0 radical (unpaired) electrons. The number of nitrogens with two attached hydrogens (primary N) is 1. The fraction of sp³-hybridized carbons (Fsp3) is 1.00. The van der Waals surface area contributed by atoms with Gasteiger partial charge in [0.1, 0.15) is 0 Å². The Hall–Kier alpha value is -0.120. The van der Waals surface area contributed by atoms with Gasteiger partial charge in [-0.15, -0.1) is 0 Å². The minimum absolute atomic E-state index is 0.181. The molecular weight excluding hydrogens is 116 g/mol. The van der Waals surface area contributed by atoms with Crippen molar-refractivity contribution in [3.8, 4) is 0 Å². The standard InChI is InChI=1S/C6H14N2O/c1-8-2-5(4-9)6(7)3-8/h5-6,9H,2-4,7H2,1H3/t5-,6-/m0/s1. The molecule has 3 nitrogen and oxygen atoms in total. The summed E-state index contributed by atoms with van der Waals surface area (Å²) in [4.78, 5) is 2.14. The second-order valence-corrected chi connectivity index (χ2v) is 2.83.